The van der Waals surface area contributed by atoms with Crippen molar-refractivity contribution in [3.63, 3.8) is 0 Å². The highest BCUT2D eigenvalue weighted by Gasteiger charge is 2.17. The van der Waals surface area contributed by atoms with Crippen LogP contribution in [0.1, 0.15) is 17.3 Å². The van der Waals surface area contributed by atoms with E-state index in [4.69, 9.17) is 4.74 Å². The van der Waals surface area contributed by atoms with Gasteiger partial charge in [0.1, 0.15) is 0 Å². The minimum atomic E-state index is -0.644. The third-order valence-electron chi connectivity index (χ3n) is 1.64. The minimum Gasteiger partial charge on any atom is -0.425 e. The lowest BCUT2D eigenvalue weighted by atomic mass is 10.2. The van der Waals surface area contributed by atoms with E-state index in [0.29, 0.717) is 6.29 Å². The van der Waals surface area contributed by atoms with Crippen molar-refractivity contribution in [1.82, 2.24) is 0 Å². The van der Waals surface area contributed by atoms with E-state index in [2.05, 4.69) is 15.9 Å². The summed E-state index contributed by atoms with van der Waals surface area (Å²) in [6.07, 6.45) is 0.385. The lowest BCUT2D eigenvalue weighted by Gasteiger charge is -2.06. The first-order chi connectivity index (χ1) is 7.45. The van der Waals surface area contributed by atoms with E-state index in [9.17, 15) is 19.7 Å². The highest BCUT2D eigenvalue weighted by Crippen LogP contribution is 2.32. The second kappa shape index (κ2) is 4.84. The molecule has 0 spiro atoms. The number of nitrogens with zero attached hydrogens (tertiary/aromatic N) is 1. The topological polar surface area (TPSA) is 86.5 Å². The van der Waals surface area contributed by atoms with Gasteiger partial charge in [-0.3, -0.25) is 19.7 Å². The zero-order valence-electron chi connectivity index (χ0n) is 8.10. The van der Waals surface area contributed by atoms with Crippen LogP contribution in [0.25, 0.3) is 0 Å². The van der Waals surface area contributed by atoms with Gasteiger partial charge in [0.2, 0.25) is 0 Å². The first-order valence-corrected chi connectivity index (χ1v) is 4.86. The van der Waals surface area contributed by atoms with Crippen LogP contribution in [0.4, 0.5) is 5.69 Å². The Balaban J connectivity index is 3.33. The Hall–Kier alpha value is -1.76. The van der Waals surface area contributed by atoms with Crippen LogP contribution in [0.15, 0.2) is 16.6 Å². The number of aldehydes is 1. The minimum absolute atomic E-state index is 0.0203. The van der Waals surface area contributed by atoms with Gasteiger partial charge in [0.05, 0.1) is 15.0 Å². The Bertz CT molecular complexity index is 471. The maximum atomic E-state index is 10.8. The number of carbonyl (C=O) groups excluding carboxylic acids is 2. The van der Waals surface area contributed by atoms with Gasteiger partial charge in [0, 0.05) is 19.1 Å². The van der Waals surface area contributed by atoms with Crippen molar-refractivity contribution >= 4 is 33.9 Å². The summed E-state index contributed by atoms with van der Waals surface area (Å²) >= 11 is 3.00. The Kier molecular flexibility index (Phi) is 3.73. The lowest BCUT2D eigenvalue weighted by molar-refractivity contribution is -0.385. The molecule has 84 valence electrons. The molecule has 16 heavy (non-hydrogen) atoms. The fourth-order valence-corrected chi connectivity index (χ4v) is 1.59. The largest absolute Gasteiger partial charge is 0.425 e. The molecule has 0 unspecified atom stereocenters. The van der Waals surface area contributed by atoms with Crippen molar-refractivity contribution in [1.29, 1.82) is 0 Å². The number of hydrogen-bond acceptors (Lipinski definition) is 5. The van der Waals surface area contributed by atoms with E-state index < -0.39 is 10.9 Å². The van der Waals surface area contributed by atoms with E-state index in [-0.39, 0.29) is 21.5 Å². The van der Waals surface area contributed by atoms with Gasteiger partial charge in [-0.05, 0) is 15.9 Å². The maximum Gasteiger partial charge on any atom is 0.308 e. The van der Waals surface area contributed by atoms with Gasteiger partial charge in [0.15, 0.2) is 12.0 Å². The molecule has 1 rings (SSSR count). The lowest BCUT2D eigenvalue weighted by Crippen LogP contribution is -2.05. The average Bonchev–Trinajstić information content (AvgIpc) is 2.19. The molecule has 0 amide bonds. The summed E-state index contributed by atoms with van der Waals surface area (Å²) < 4.78 is 4.94. The molecule has 0 saturated carbocycles. The van der Waals surface area contributed by atoms with Gasteiger partial charge in [-0.15, -0.1) is 0 Å². The fourth-order valence-electron chi connectivity index (χ4n) is 1.04. The number of rotatable bonds is 3. The Labute approximate surface area is 98.5 Å². The summed E-state index contributed by atoms with van der Waals surface area (Å²) in [6, 6.07) is 2.20. The van der Waals surface area contributed by atoms with Gasteiger partial charge >= 0.3 is 5.97 Å². The summed E-state index contributed by atoms with van der Waals surface area (Å²) in [5.74, 6) is -0.634. The third kappa shape index (κ3) is 2.63. The molecule has 0 fully saturated rings. The fraction of sp³-hybridized carbons (Fsp3) is 0.111. The van der Waals surface area contributed by atoms with Crippen LogP contribution in [-0.2, 0) is 4.79 Å². The number of ether oxygens (including phenoxy) is 1. The van der Waals surface area contributed by atoms with Gasteiger partial charge < -0.3 is 4.74 Å². The van der Waals surface area contributed by atoms with Crippen molar-refractivity contribution in [3.05, 3.63) is 32.3 Å². The molecule has 0 aromatic heterocycles. The summed E-state index contributed by atoms with van der Waals surface area (Å²) in [5, 5.41) is 10.5. The summed E-state index contributed by atoms with van der Waals surface area (Å²) in [5.41, 5.74) is -0.318. The van der Waals surface area contributed by atoms with Gasteiger partial charge in [-0.25, -0.2) is 0 Å². The van der Waals surface area contributed by atoms with Gasteiger partial charge in [-0.1, -0.05) is 0 Å². The summed E-state index contributed by atoms with van der Waals surface area (Å²) in [4.78, 5) is 31.3. The highest BCUT2D eigenvalue weighted by atomic mass is 79.9. The molecule has 6 nitrogen and oxygen atoms in total. The molecule has 0 N–H and O–H groups in total. The van der Waals surface area contributed by atoms with E-state index in [1.165, 1.54) is 6.92 Å². The SMILES string of the molecule is CC(=O)Oc1c(Br)cc([N+](=O)[O-])cc1C=O. The van der Waals surface area contributed by atoms with Crippen LogP contribution >= 0.6 is 15.9 Å². The van der Waals surface area contributed by atoms with Crippen molar-refractivity contribution in [2.75, 3.05) is 0 Å². The standard InChI is InChI=1S/C9H6BrNO5/c1-5(13)16-9-6(4-12)2-7(11(14)15)3-8(9)10/h2-4H,1H3. The number of carbonyl (C=O) groups is 2. The molecule has 0 bridgehead atoms. The molecule has 0 heterocycles. The molecule has 0 aliphatic heterocycles. The normalized spacial score (nSPS) is 9.62. The number of nitro groups is 1. The molecule has 0 aliphatic carbocycles. The van der Waals surface area contributed by atoms with Gasteiger partial charge in [-0.2, -0.15) is 0 Å². The summed E-state index contributed by atoms with van der Waals surface area (Å²) in [7, 11) is 0. The van der Waals surface area contributed by atoms with Crippen LogP contribution < -0.4 is 4.74 Å². The predicted octanol–water partition coefficient (Wildman–Crippen LogP) is 2.10. The molecule has 7 heteroatoms. The van der Waals surface area contributed by atoms with E-state index in [1.807, 2.05) is 0 Å². The van der Waals surface area contributed by atoms with Crippen LogP contribution in [0.5, 0.6) is 5.75 Å². The molecule has 0 aliphatic rings. The molecular formula is C9H6BrNO5. The molecule has 0 saturated heterocycles. The number of nitro benzene ring substituents is 1. The van der Waals surface area contributed by atoms with E-state index in [1.54, 1.807) is 0 Å². The van der Waals surface area contributed by atoms with Crippen molar-refractivity contribution < 1.29 is 19.2 Å². The second-order valence-electron chi connectivity index (χ2n) is 2.81. The summed E-state index contributed by atoms with van der Waals surface area (Å²) in [6.45, 7) is 1.17. The average molecular weight is 288 g/mol. The molecule has 1 aromatic rings. The first-order valence-electron chi connectivity index (χ1n) is 4.07. The van der Waals surface area contributed by atoms with Crippen molar-refractivity contribution in [2.45, 2.75) is 6.92 Å². The zero-order valence-corrected chi connectivity index (χ0v) is 9.68. The number of non-ortho nitro benzene ring substituents is 1. The van der Waals surface area contributed by atoms with Crippen LogP contribution in [-0.4, -0.2) is 17.2 Å². The van der Waals surface area contributed by atoms with Crippen molar-refractivity contribution in [3.8, 4) is 5.75 Å². The third-order valence-corrected chi connectivity index (χ3v) is 2.23. The smallest absolute Gasteiger partial charge is 0.308 e. The zero-order chi connectivity index (χ0) is 12.3. The van der Waals surface area contributed by atoms with Gasteiger partial charge in [0.25, 0.3) is 5.69 Å². The van der Waals surface area contributed by atoms with Crippen LogP contribution in [0.2, 0.25) is 0 Å². The number of benzene rings is 1. The maximum absolute atomic E-state index is 10.8. The molecular weight excluding hydrogens is 282 g/mol. The number of esters is 1. The Morgan fingerprint density at radius 3 is 2.62 bits per heavy atom. The van der Waals surface area contributed by atoms with E-state index >= 15 is 0 Å². The molecule has 1 aromatic carbocycles. The van der Waals surface area contributed by atoms with Crippen molar-refractivity contribution in [2.24, 2.45) is 0 Å². The second-order valence-corrected chi connectivity index (χ2v) is 3.67. The Morgan fingerprint density at radius 1 is 1.56 bits per heavy atom. The Morgan fingerprint density at radius 2 is 2.19 bits per heavy atom. The first kappa shape index (κ1) is 12.3. The predicted molar refractivity (Wildman–Crippen MR) is 57.5 cm³/mol. The van der Waals surface area contributed by atoms with E-state index in [0.717, 1.165) is 12.1 Å². The molecule has 0 radical (unpaired) electrons. The number of hydrogen-bond donors (Lipinski definition) is 0. The monoisotopic (exact) mass is 287 g/mol. The molecule has 0 atom stereocenters. The highest BCUT2D eigenvalue weighted by molar-refractivity contribution is 9.10. The van der Waals surface area contributed by atoms with Crippen LogP contribution in [0.3, 0.4) is 0 Å². The quantitative estimate of drug-likeness (QED) is 0.279. The van der Waals surface area contributed by atoms with Crippen LogP contribution in [0, 0.1) is 10.1 Å². The number of halogens is 1.